The summed E-state index contributed by atoms with van der Waals surface area (Å²) < 4.78 is 0. The molecule has 1 nitrogen and oxygen atoms in total. The normalized spacial score (nSPS) is 33.4. The van der Waals surface area contributed by atoms with Crippen molar-refractivity contribution in [1.29, 1.82) is 0 Å². The van der Waals surface area contributed by atoms with Crippen LogP contribution in [0, 0.1) is 17.8 Å². The van der Waals surface area contributed by atoms with Gasteiger partial charge in [0.1, 0.15) is 0 Å². The molecule has 0 spiro atoms. The van der Waals surface area contributed by atoms with Gasteiger partial charge in [0.2, 0.25) is 0 Å². The first kappa shape index (κ1) is 12.7. The molecular weight excluding hydrogens is 238 g/mol. The first-order valence-corrected chi connectivity index (χ1v) is 8.34. The Labute approximate surface area is 115 Å². The van der Waals surface area contributed by atoms with Crippen LogP contribution < -0.4 is 5.73 Å². The molecule has 100 valence electrons. The summed E-state index contributed by atoms with van der Waals surface area (Å²) in [5, 5.41) is 0. The standard InChI is InChI=1S/C16H25NS/c1-10-6-7-13(8-11(10)2)16(17)15-9-12-4-3-5-14(12)18-15/h9-11,13,16H,3-8,17H2,1-2H3. The van der Waals surface area contributed by atoms with E-state index >= 15 is 0 Å². The third-order valence-electron chi connectivity index (χ3n) is 5.24. The molecule has 3 rings (SSSR count). The fraction of sp³-hybridized carbons (Fsp3) is 0.750. The van der Waals surface area contributed by atoms with Gasteiger partial charge in [-0.2, -0.15) is 0 Å². The Balaban J connectivity index is 1.72. The van der Waals surface area contributed by atoms with Gasteiger partial charge in [0, 0.05) is 15.8 Å². The minimum atomic E-state index is 0.301. The van der Waals surface area contributed by atoms with Crippen LogP contribution in [0.3, 0.4) is 0 Å². The van der Waals surface area contributed by atoms with Crippen molar-refractivity contribution in [1.82, 2.24) is 0 Å². The summed E-state index contributed by atoms with van der Waals surface area (Å²) in [5.74, 6) is 2.46. The smallest absolute Gasteiger partial charge is 0.0418 e. The summed E-state index contributed by atoms with van der Waals surface area (Å²) in [5.41, 5.74) is 8.15. The number of hydrogen-bond donors (Lipinski definition) is 1. The van der Waals surface area contributed by atoms with E-state index < -0.39 is 0 Å². The zero-order valence-electron chi connectivity index (χ0n) is 11.6. The van der Waals surface area contributed by atoms with Gasteiger partial charge >= 0.3 is 0 Å². The van der Waals surface area contributed by atoms with Crippen molar-refractivity contribution < 1.29 is 0 Å². The summed E-state index contributed by atoms with van der Waals surface area (Å²) >= 11 is 2.00. The summed E-state index contributed by atoms with van der Waals surface area (Å²) in [4.78, 5) is 3.09. The Morgan fingerprint density at radius 3 is 2.78 bits per heavy atom. The van der Waals surface area contributed by atoms with Crippen LogP contribution in [0.4, 0.5) is 0 Å². The van der Waals surface area contributed by atoms with Crippen LogP contribution in [0.5, 0.6) is 0 Å². The average Bonchev–Trinajstić information content (AvgIpc) is 2.92. The zero-order valence-corrected chi connectivity index (χ0v) is 12.4. The topological polar surface area (TPSA) is 26.0 Å². The van der Waals surface area contributed by atoms with E-state index in [0.29, 0.717) is 6.04 Å². The van der Waals surface area contributed by atoms with Crippen molar-refractivity contribution in [2.45, 2.75) is 58.4 Å². The van der Waals surface area contributed by atoms with Gasteiger partial charge in [0.15, 0.2) is 0 Å². The molecule has 0 bridgehead atoms. The molecule has 2 heteroatoms. The van der Waals surface area contributed by atoms with E-state index in [1.54, 1.807) is 10.4 Å². The molecule has 1 aromatic rings. The lowest BCUT2D eigenvalue weighted by molar-refractivity contribution is 0.187. The maximum atomic E-state index is 6.55. The van der Waals surface area contributed by atoms with Gasteiger partial charge in [-0.05, 0) is 61.5 Å². The molecule has 0 aliphatic heterocycles. The maximum Gasteiger partial charge on any atom is 0.0418 e. The molecule has 1 heterocycles. The van der Waals surface area contributed by atoms with Crippen LogP contribution >= 0.6 is 11.3 Å². The molecule has 1 aromatic heterocycles. The van der Waals surface area contributed by atoms with E-state index in [0.717, 1.165) is 17.8 Å². The molecule has 0 amide bonds. The molecule has 4 atom stereocenters. The van der Waals surface area contributed by atoms with Gasteiger partial charge in [-0.1, -0.05) is 20.3 Å². The van der Waals surface area contributed by atoms with Gasteiger partial charge in [-0.15, -0.1) is 11.3 Å². The summed E-state index contributed by atoms with van der Waals surface area (Å²) in [6.45, 7) is 4.80. The first-order valence-electron chi connectivity index (χ1n) is 7.52. The average molecular weight is 263 g/mol. The molecule has 0 aromatic carbocycles. The van der Waals surface area contributed by atoms with Gasteiger partial charge < -0.3 is 5.73 Å². The summed E-state index contributed by atoms with van der Waals surface area (Å²) in [6, 6.07) is 2.72. The number of rotatable bonds is 2. The monoisotopic (exact) mass is 263 g/mol. The lowest BCUT2D eigenvalue weighted by Gasteiger charge is -2.35. The highest BCUT2D eigenvalue weighted by molar-refractivity contribution is 7.12. The number of aryl methyl sites for hydroxylation is 2. The second-order valence-electron chi connectivity index (χ2n) is 6.50. The molecule has 2 aliphatic carbocycles. The predicted molar refractivity (Wildman–Crippen MR) is 78.9 cm³/mol. The molecular formula is C16H25NS. The summed E-state index contributed by atoms with van der Waals surface area (Å²) in [6.07, 6.45) is 7.96. The first-order chi connectivity index (χ1) is 8.65. The maximum absolute atomic E-state index is 6.55. The van der Waals surface area contributed by atoms with Crippen LogP contribution in [0.25, 0.3) is 0 Å². The Bertz CT molecular complexity index is 401. The van der Waals surface area contributed by atoms with E-state index in [4.69, 9.17) is 5.73 Å². The Hall–Kier alpha value is -0.340. The lowest BCUT2D eigenvalue weighted by atomic mass is 9.73. The van der Waals surface area contributed by atoms with Crippen LogP contribution in [-0.4, -0.2) is 0 Å². The lowest BCUT2D eigenvalue weighted by Crippen LogP contribution is -2.29. The van der Waals surface area contributed by atoms with Crippen molar-refractivity contribution in [3.05, 3.63) is 21.4 Å². The van der Waals surface area contributed by atoms with Crippen molar-refractivity contribution in [2.24, 2.45) is 23.5 Å². The fourth-order valence-corrected chi connectivity index (χ4v) is 5.02. The molecule has 0 saturated heterocycles. The van der Waals surface area contributed by atoms with Gasteiger partial charge in [-0.25, -0.2) is 0 Å². The number of thiophene rings is 1. The van der Waals surface area contributed by atoms with Crippen LogP contribution in [0.2, 0.25) is 0 Å². The molecule has 4 unspecified atom stereocenters. The van der Waals surface area contributed by atoms with Crippen LogP contribution in [0.15, 0.2) is 6.07 Å². The minimum absolute atomic E-state index is 0.301. The third kappa shape index (κ3) is 2.25. The van der Waals surface area contributed by atoms with Crippen LogP contribution in [-0.2, 0) is 12.8 Å². The number of hydrogen-bond acceptors (Lipinski definition) is 2. The van der Waals surface area contributed by atoms with Crippen molar-refractivity contribution in [2.75, 3.05) is 0 Å². The van der Waals surface area contributed by atoms with Crippen molar-refractivity contribution in [3.63, 3.8) is 0 Å². The second kappa shape index (κ2) is 4.97. The van der Waals surface area contributed by atoms with Crippen molar-refractivity contribution >= 4 is 11.3 Å². The quantitative estimate of drug-likeness (QED) is 0.845. The van der Waals surface area contributed by atoms with E-state index in [2.05, 4.69) is 19.9 Å². The van der Waals surface area contributed by atoms with E-state index in [-0.39, 0.29) is 0 Å². The van der Waals surface area contributed by atoms with Gasteiger partial charge in [0.05, 0.1) is 0 Å². The SMILES string of the molecule is CC1CCC(C(N)c2cc3c(s2)CCC3)CC1C. The van der Waals surface area contributed by atoms with E-state index in [9.17, 15) is 0 Å². The highest BCUT2D eigenvalue weighted by Crippen LogP contribution is 2.42. The van der Waals surface area contributed by atoms with Crippen molar-refractivity contribution in [3.8, 4) is 0 Å². The Morgan fingerprint density at radius 2 is 2.06 bits per heavy atom. The van der Waals surface area contributed by atoms with Gasteiger partial charge in [0.25, 0.3) is 0 Å². The predicted octanol–water partition coefficient (Wildman–Crippen LogP) is 4.31. The fourth-order valence-electron chi connectivity index (χ4n) is 3.66. The van der Waals surface area contributed by atoms with Gasteiger partial charge in [-0.3, -0.25) is 0 Å². The minimum Gasteiger partial charge on any atom is -0.323 e. The second-order valence-corrected chi connectivity index (χ2v) is 7.67. The third-order valence-corrected chi connectivity index (χ3v) is 6.58. The molecule has 18 heavy (non-hydrogen) atoms. The molecule has 0 radical (unpaired) electrons. The summed E-state index contributed by atoms with van der Waals surface area (Å²) in [7, 11) is 0. The van der Waals surface area contributed by atoms with Crippen LogP contribution in [0.1, 0.15) is 60.9 Å². The Morgan fingerprint density at radius 1 is 1.22 bits per heavy atom. The number of fused-ring (bicyclic) bond motifs is 1. The number of nitrogens with two attached hydrogens (primary N) is 1. The highest BCUT2D eigenvalue weighted by Gasteiger charge is 2.30. The zero-order chi connectivity index (χ0) is 12.7. The molecule has 2 N–H and O–H groups in total. The Kier molecular flexibility index (Phi) is 3.50. The van der Waals surface area contributed by atoms with E-state index in [1.807, 2.05) is 11.3 Å². The highest BCUT2D eigenvalue weighted by atomic mass is 32.1. The molecule has 1 saturated carbocycles. The molecule has 1 fully saturated rings. The largest absolute Gasteiger partial charge is 0.323 e. The van der Waals surface area contributed by atoms with E-state index in [1.165, 1.54) is 43.4 Å². The molecule has 2 aliphatic rings.